The van der Waals surface area contributed by atoms with Crippen LogP contribution in [0.5, 0.6) is 5.75 Å². The van der Waals surface area contributed by atoms with Crippen LogP contribution in [-0.2, 0) is 0 Å². The molecule has 0 radical (unpaired) electrons. The summed E-state index contributed by atoms with van der Waals surface area (Å²) in [5, 5.41) is 0.396. The number of nitrogens with zero attached hydrogens (tertiary/aromatic N) is 1. The monoisotopic (exact) mass is 246 g/mol. The number of pyridine rings is 1. The average molecular weight is 247 g/mol. The summed E-state index contributed by atoms with van der Waals surface area (Å²) in [6.07, 6.45) is 12.5. The quantitative estimate of drug-likeness (QED) is 0.816. The van der Waals surface area contributed by atoms with E-state index in [4.69, 9.17) is 22.1 Å². The van der Waals surface area contributed by atoms with E-state index in [0.29, 0.717) is 22.4 Å². The zero-order valence-corrected chi connectivity index (χ0v) is 9.76. The highest BCUT2D eigenvalue weighted by atomic mass is 35.5. The van der Waals surface area contributed by atoms with Crippen LogP contribution in [0.25, 0.3) is 0 Å². The first kappa shape index (κ1) is 11.5. The van der Waals surface area contributed by atoms with Crippen molar-refractivity contribution in [2.45, 2.75) is 0 Å². The van der Waals surface area contributed by atoms with Gasteiger partial charge in [0.25, 0.3) is 0 Å². The van der Waals surface area contributed by atoms with Gasteiger partial charge in [-0.2, -0.15) is 0 Å². The van der Waals surface area contributed by atoms with Crippen molar-refractivity contribution in [2.24, 2.45) is 5.73 Å². The smallest absolute Gasteiger partial charge is 0.132 e. The Bertz CT molecular complexity index is 530. The van der Waals surface area contributed by atoms with Gasteiger partial charge in [0.2, 0.25) is 0 Å². The molecular formula is C13H11ClN2O. The molecule has 0 unspecified atom stereocenters. The second kappa shape index (κ2) is 5.37. The van der Waals surface area contributed by atoms with Gasteiger partial charge >= 0.3 is 0 Å². The highest BCUT2D eigenvalue weighted by Crippen LogP contribution is 2.18. The molecule has 0 atom stereocenters. The van der Waals surface area contributed by atoms with Crippen LogP contribution in [0.3, 0.4) is 0 Å². The number of ether oxygens (including phenoxy) is 1. The van der Waals surface area contributed by atoms with Crippen LogP contribution in [0, 0.1) is 0 Å². The summed E-state index contributed by atoms with van der Waals surface area (Å²) >= 11 is 5.77. The van der Waals surface area contributed by atoms with Crippen LogP contribution in [0.1, 0.15) is 0 Å². The topological polar surface area (TPSA) is 48.1 Å². The Hall–Kier alpha value is -2.00. The molecule has 3 nitrogen and oxygen atoms in total. The fourth-order valence-corrected chi connectivity index (χ4v) is 1.42. The minimum Gasteiger partial charge on any atom is -0.457 e. The van der Waals surface area contributed by atoms with Crippen LogP contribution in [-0.4, -0.2) is 4.98 Å². The Labute approximate surface area is 105 Å². The standard InChI is InChI=1S/C13H11ClN2O/c14-13-9-12(7-8-16-13)17-11-4-2-1-3-10(15)5-6-11/h1-9H,15H2/b2-1-,3-1?,4-2?,6-5?,10-3?,10-5?,11-4-,11-6?. The molecule has 0 bridgehead atoms. The van der Waals surface area contributed by atoms with Crippen LogP contribution < -0.4 is 10.5 Å². The second-order valence-electron chi connectivity index (χ2n) is 3.37. The van der Waals surface area contributed by atoms with Crippen molar-refractivity contribution in [3.05, 3.63) is 71.4 Å². The first-order valence-electron chi connectivity index (χ1n) is 5.06. The molecule has 1 aliphatic rings. The predicted molar refractivity (Wildman–Crippen MR) is 68.5 cm³/mol. The summed E-state index contributed by atoms with van der Waals surface area (Å²) in [5.41, 5.74) is 6.36. The Balaban J connectivity index is 2.16. The molecule has 0 aliphatic heterocycles. The lowest BCUT2D eigenvalue weighted by atomic mass is 10.2. The van der Waals surface area contributed by atoms with E-state index in [1.807, 2.05) is 24.3 Å². The van der Waals surface area contributed by atoms with E-state index in [1.165, 1.54) is 0 Å². The molecular weight excluding hydrogens is 236 g/mol. The number of rotatable bonds is 2. The molecule has 0 saturated carbocycles. The van der Waals surface area contributed by atoms with Crippen molar-refractivity contribution < 1.29 is 4.74 Å². The minimum absolute atomic E-state index is 0.396. The number of hydrogen-bond donors (Lipinski definition) is 1. The van der Waals surface area contributed by atoms with Crippen LogP contribution in [0.15, 0.2) is 66.2 Å². The van der Waals surface area contributed by atoms with E-state index in [2.05, 4.69) is 4.98 Å². The first-order valence-corrected chi connectivity index (χ1v) is 5.43. The van der Waals surface area contributed by atoms with E-state index in [-0.39, 0.29) is 0 Å². The number of halogens is 1. The zero-order chi connectivity index (χ0) is 12.1. The second-order valence-corrected chi connectivity index (χ2v) is 3.76. The molecule has 0 spiro atoms. The molecule has 1 aromatic heterocycles. The highest BCUT2D eigenvalue weighted by molar-refractivity contribution is 6.29. The maximum absolute atomic E-state index is 5.77. The first-order chi connectivity index (χ1) is 8.24. The molecule has 4 heteroatoms. The normalized spacial score (nSPS) is 19.6. The summed E-state index contributed by atoms with van der Waals surface area (Å²) in [6, 6.07) is 3.39. The van der Waals surface area contributed by atoms with Crippen molar-refractivity contribution in [1.82, 2.24) is 4.98 Å². The summed E-state index contributed by atoms with van der Waals surface area (Å²) in [6.45, 7) is 0. The van der Waals surface area contributed by atoms with Crippen molar-refractivity contribution >= 4 is 11.6 Å². The minimum atomic E-state index is 0.396. The van der Waals surface area contributed by atoms with Gasteiger partial charge in [-0.05, 0) is 30.4 Å². The molecule has 1 heterocycles. The number of nitrogens with two attached hydrogens (primary N) is 1. The van der Waals surface area contributed by atoms with Gasteiger partial charge in [0, 0.05) is 18.0 Å². The van der Waals surface area contributed by atoms with Gasteiger partial charge in [0.15, 0.2) is 0 Å². The lowest BCUT2D eigenvalue weighted by Gasteiger charge is -2.06. The van der Waals surface area contributed by atoms with Crippen LogP contribution in [0.4, 0.5) is 0 Å². The van der Waals surface area contributed by atoms with E-state index in [9.17, 15) is 0 Å². The SMILES string of the molecule is NC1=C/C=C\C=C(/Oc2ccnc(Cl)c2)C=C1. The van der Waals surface area contributed by atoms with Crippen molar-refractivity contribution in [1.29, 1.82) is 0 Å². The van der Waals surface area contributed by atoms with Gasteiger partial charge in [-0.1, -0.05) is 23.8 Å². The van der Waals surface area contributed by atoms with E-state index >= 15 is 0 Å². The van der Waals surface area contributed by atoms with E-state index in [0.717, 1.165) is 0 Å². The molecule has 1 aromatic rings. The lowest BCUT2D eigenvalue weighted by Crippen LogP contribution is -1.96. The van der Waals surface area contributed by atoms with E-state index in [1.54, 1.807) is 30.5 Å². The maximum Gasteiger partial charge on any atom is 0.132 e. The van der Waals surface area contributed by atoms with Gasteiger partial charge in [-0.3, -0.25) is 0 Å². The molecule has 0 amide bonds. The third kappa shape index (κ3) is 3.50. The average Bonchev–Trinajstić information content (AvgIpc) is 2.28. The Morgan fingerprint density at radius 1 is 1.18 bits per heavy atom. The summed E-state index contributed by atoms with van der Waals surface area (Å²) in [5.74, 6) is 1.32. The molecule has 0 saturated heterocycles. The van der Waals surface area contributed by atoms with Gasteiger partial charge in [0.1, 0.15) is 16.7 Å². The zero-order valence-electron chi connectivity index (χ0n) is 9.01. The van der Waals surface area contributed by atoms with Gasteiger partial charge in [-0.15, -0.1) is 0 Å². The van der Waals surface area contributed by atoms with Crippen LogP contribution >= 0.6 is 11.6 Å². The van der Waals surface area contributed by atoms with Gasteiger partial charge in [0.05, 0.1) is 0 Å². The molecule has 0 fully saturated rings. The molecule has 2 rings (SSSR count). The Morgan fingerprint density at radius 2 is 2.00 bits per heavy atom. The molecule has 86 valence electrons. The number of allylic oxidation sites excluding steroid dienone is 6. The van der Waals surface area contributed by atoms with Gasteiger partial charge < -0.3 is 10.5 Å². The maximum atomic E-state index is 5.77. The Kier molecular flexibility index (Phi) is 3.62. The number of aromatic nitrogens is 1. The summed E-state index contributed by atoms with van der Waals surface area (Å²) < 4.78 is 5.64. The third-order valence-corrected chi connectivity index (χ3v) is 2.24. The summed E-state index contributed by atoms with van der Waals surface area (Å²) in [4.78, 5) is 3.88. The van der Waals surface area contributed by atoms with E-state index < -0.39 is 0 Å². The largest absolute Gasteiger partial charge is 0.457 e. The fourth-order valence-electron chi connectivity index (χ4n) is 1.26. The van der Waals surface area contributed by atoms with Crippen molar-refractivity contribution in [2.75, 3.05) is 0 Å². The molecule has 17 heavy (non-hydrogen) atoms. The van der Waals surface area contributed by atoms with Crippen LogP contribution in [0.2, 0.25) is 5.15 Å². The predicted octanol–water partition coefficient (Wildman–Crippen LogP) is 2.97. The fraction of sp³-hybridized carbons (Fsp3) is 0. The van der Waals surface area contributed by atoms with Gasteiger partial charge in [-0.25, -0.2) is 4.98 Å². The Morgan fingerprint density at radius 3 is 2.82 bits per heavy atom. The highest BCUT2D eigenvalue weighted by Gasteiger charge is 1.99. The summed E-state index contributed by atoms with van der Waals surface area (Å²) in [7, 11) is 0. The molecule has 2 N–H and O–H groups in total. The van der Waals surface area contributed by atoms with Crippen molar-refractivity contribution in [3.8, 4) is 5.75 Å². The number of hydrogen-bond acceptors (Lipinski definition) is 3. The van der Waals surface area contributed by atoms with Crippen molar-refractivity contribution in [3.63, 3.8) is 0 Å². The lowest BCUT2D eigenvalue weighted by molar-refractivity contribution is 0.444. The molecule has 1 aliphatic carbocycles. The molecule has 0 aromatic carbocycles. The third-order valence-electron chi connectivity index (χ3n) is 2.03.